The summed E-state index contributed by atoms with van der Waals surface area (Å²) in [4.78, 5) is 26.6. The van der Waals surface area contributed by atoms with Crippen LogP contribution in [0.25, 0.3) is 0 Å². The van der Waals surface area contributed by atoms with E-state index in [2.05, 4.69) is 13.2 Å². The number of carbonyl (C=O) groups excluding carboxylic acids is 2. The number of esters is 2. The molecular weight excluding hydrogens is 344 g/mol. The van der Waals surface area contributed by atoms with E-state index in [1.807, 2.05) is 0 Å². The predicted octanol–water partition coefficient (Wildman–Crippen LogP) is 2.51. The highest BCUT2D eigenvalue weighted by atomic mass is 16.6. The van der Waals surface area contributed by atoms with Gasteiger partial charge in [-0.05, 0) is 60.5 Å². The average molecular weight is 370 g/mol. The third-order valence-electron chi connectivity index (χ3n) is 9.31. The highest BCUT2D eigenvalue weighted by Gasteiger charge is 2.89. The van der Waals surface area contributed by atoms with Crippen LogP contribution in [0.4, 0.5) is 0 Å². The van der Waals surface area contributed by atoms with E-state index in [0.717, 1.165) is 36.8 Å². The van der Waals surface area contributed by atoms with Crippen molar-refractivity contribution in [2.45, 2.75) is 36.9 Å². The Kier molecular flexibility index (Phi) is 2.83. The lowest BCUT2D eigenvalue weighted by Gasteiger charge is -2.49. The highest BCUT2D eigenvalue weighted by Crippen LogP contribution is 2.80. The summed E-state index contributed by atoms with van der Waals surface area (Å²) < 4.78 is 17.4. The molecule has 6 fully saturated rings. The molecule has 10 atom stereocenters. The van der Waals surface area contributed by atoms with Crippen LogP contribution in [-0.2, 0) is 23.8 Å². The van der Waals surface area contributed by atoms with E-state index >= 15 is 0 Å². The van der Waals surface area contributed by atoms with Crippen molar-refractivity contribution in [2.24, 2.45) is 47.3 Å². The topological polar surface area (TPSA) is 61.8 Å². The molecular formula is C22H26O5. The van der Waals surface area contributed by atoms with Gasteiger partial charge in [0.2, 0.25) is 0 Å². The van der Waals surface area contributed by atoms with E-state index in [1.54, 1.807) is 0 Å². The number of ether oxygens (including phenoxy) is 3. The minimum absolute atomic E-state index is 0.0485. The molecule has 0 aromatic heterocycles. The summed E-state index contributed by atoms with van der Waals surface area (Å²) >= 11 is 0. The lowest BCUT2D eigenvalue weighted by Crippen LogP contribution is -2.61. The Morgan fingerprint density at radius 1 is 0.852 bits per heavy atom. The fraction of sp³-hybridized carbons (Fsp3) is 0.727. The minimum atomic E-state index is -1.03. The molecule has 0 aromatic carbocycles. The second-order valence-corrected chi connectivity index (χ2v) is 9.61. The number of hydrogen-bond donors (Lipinski definition) is 0. The van der Waals surface area contributed by atoms with Gasteiger partial charge in [0.1, 0.15) is 0 Å². The molecule has 6 bridgehead atoms. The van der Waals surface area contributed by atoms with Crippen molar-refractivity contribution in [2.75, 3.05) is 14.2 Å². The van der Waals surface area contributed by atoms with Gasteiger partial charge in [-0.15, -0.1) is 0 Å². The van der Waals surface area contributed by atoms with Gasteiger partial charge in [0.15, 0.2) is 11.2 Å². The Morgan fingerprint density at radius 3 is 1.70 bits per heavy atom. The van der Waals surface area contributed by atoms with Gasteiger partial charge in [0, 0.05) is 23.7 Å². The lowest BCUT2D eigenvalue weighted by atomic mass is 9.50. The van der Waals surface area contributed by atoms with Crippen LogP contribution in [-0.4, -0.2) is 37.4 Å². The van der Waals surface area contributed by atoms with Crippen LogP contribution in [0, 0.1) is 47.3 Å². The molecule has 144 valence electrons. The van der Waals surface area contributed by atoms with Crippen molar-refractivity contribution >= 4 is 11.9 Å². The molecule has 0 aromatic rings. The standard InChI is InChI=1S/C22H26O5/c1-9-10(2)14-8-13(9)17-18(14)22(20(24)26-4)16-12-6-5-11(7-12)15(16)21(17,27-22)19(23)25-3/h11-18H,1-2,5-8H2,3-4H3/t11-,12+,13-,14+,15+,16-,17-,18+,21+,22-. The van der Waals surface area contributed by atoms with E-state index in [0.29, 0.717) is 11.8 Å². The first-order chi connectivity index (χ1) is 12.9. The van der Waals surface area contributed by atoms with Crippen LogP contribution in [0.15, 0.2) is 24.3 Å². The van der Waals surface area contributed by atoms with Crippen LogP contribution in [0.2, 0.25) is 0 Å². The van der Waals surface area contributed by atoms with Gasteiger partial charge in [-0.1, -0.05) is 13.2 Å². The number of fused-ring (bicyclic) bond motifs is 16. The van der Waals surface area contributed by atoms with Crippen molar-refractivity contribution in [1.82, 2.24) is 0 Å². The molecule has 5 nitrogen and oxygen atoms in total. The average Bonchev–Trinajstić information content (AvgIpc) is 3.47. The van der Waals surface area contributed by atoms with Crippen molar-refractivity contribution in [3.63, 3.8) is 0 Å². The molecule has 27 heavy (non-hydrogen) atoms. The zero-order valence-corrected chi connectivity index (χ0v) is 15.9. The number of carbonyl (C=O) groups is 2. The Balaban J connectivity index is 1.62. The quantitative estimate of drug-likeness (QED) is 0.699. The van der Waals surface area contributed by atoms with E-state index in [-0.39, 0.29) is 47.4 Å². The number of methoxy groups -OCH3 is 2. The smallest absolute Gasteiger partial charge is 0.338 e. The zero-order valence-electron chi connectivity index (χ0n) is 15.9. The Labute approximate surface area is 159 Å². The van der Waals surface area contributed by atoms with E-state index < -0.39 is 11.2 Å². The highest BCUT2D eigenvalue weighted by molar-refractivity contribution is 5.90. The predicted molar refractivity (Wildman–Crippen MR) is 95.2 cm³/mol. The SMILES string of the molecule is C=C1C(=C)[C@@H]2C[C@H]1[C@@H]1[C@H]2[C@]2(C(=O)OC)O[C@@]1(C(=O)OC)[C@H]1[C@@H]3CC[C@@H](C3)[C@H]12. The van der Waals surface area contributed by atoms with E-state index in [1.165, 1.54) is 14.2 Å². The van der Waals surface area contributed by atoms with Gasteiger partial charge < -0.3 is 14.2 Å². The molecule has 2 saturated heterocycles. The van der Waals surface area contributed by atoms with Crippen molar-refractivity contribution in [3.05, 3.63) is 24.3 Å². The Hall–Kier alpha value is -1.62. The molecule has 0 amide bonds. The van der Waals surface area contributed by atoms with Gasteiger partial charge in [0.25, 0.3) is 0 Å². The fourth-order valence-electron chi connectivity index (χ4n) is 8.86. The number of allylic oxidation sites excluding steroid dienone is 2. The van der Waals surface area contributed by atoms with Crippen molar-refractivity contribution in [1.29, 1.82) is 0 Å². The molecule has 0 unspecified atom stereocenters. The monoisotopic (exact) mass is 370 g/mol. The van der Waals surface area contributed by atoms with Crippen molar-refractivity contribution < 1.29 is 23.8 Å². The second-order valence-electron chi connectivity index (χ2n) is 9.61. The second kappa shape index (κ2) is 4.68. The van der Waals surface area contributed by atoms with E-state index in [9.17, 15) is 9.59 Å². The van der Waals surface area contributed by atoms with Crippen LogP contribution >= 0.6 is 0 Å². The summed E-state index contributed by atoms with van der Waals surface area (Å²) in [6.07, 6.45) is 4.24. The summed E-state index contributed by atoms with van der Waals surface area (Å²) in [5.41, 5.74) is 0.0308. The van der Waals surface area contributed by atoms with Crippen molar-refractivity contribution in [3.8, 4) is 0 Å². The molecule has 6 aliphatic rings. The molecule has 4 aliphatic carbocycles. The van der Waals surface area contributed by atoms with Gasteiger partial charge in [-0.3, -0.25) is 0 Å². The molecule has 2 heterocycles. The van der Waals surface area contributed by atoms with E-state index in [4.69, 9.17) is 14.2 Å². The fourth-order valence-corrected chi connectivity index (χ4v) is 8.86. The number of hydrogen-bond acceptors (Lipinski definition) is 5. The largest absolute Gasteiger partial charge is 0.467 e. The first kappa shape index (κ1) is 16.3. The van der Waals surface area contributed by atoms with Gasteiger partial charge in [-0.25, -0.2) is 9.59 Å². The molecule has 4 saturated carbocycles. The first-order valence-electron chi connectivity index (χ1n) is 10.2. The van der Waals surface area contributed by atoms with Crippen LogP contribution in [0.5, 0.6) is 0 Å². The maximum Gasteiger partial charge on any atom is 0.338 e. The Bertz CT molecular complexity index is 752. The molecule has 5 heteroatoms. The summed E-state index contributed by atoms with van der Waals surface area (Å²) in [5.74, 6) is 0.596. The molecule has 2 aliphatic heterocycles. The maximum absolute atomic E-state index is 13.3. The molecule has 0 spiro atoms. The molecule has 6 rings (SSSR count). The third kappa shape index (κ3) is 1.40. The zero-order chi connectivity index (χ0) is 18.9. The molecule has 0 radical (unpaired) electrons. The summed E-state index contributed by atoms with van der Waals surface area (Å²) in [6, 6.07) is 0. The first-order valence-corrected chi connectivity index (χ1v) is 10.2. The van der Waals surface area contributed by atoms with Gasteiger partial charge >= 0.3 is 11.9 Å². The summed E-state index contributed by atoms with van der Waals surface area (Å²) in [5, 5.41) is 0. The third-order valence-corrected chi connectivity index (χ3v) is 9.31. The van der Waals surface area contributed by atoms with Crippen LogP contribution in [0.3, 0.4) is 0 Å². The van der Waals surface area contributed by atoms with Crippen LogP contribution in [0.1, 0.15) is 25.7 Å². The van der Waals surface area contributed by atoms with Crippen LogP contribution < -0.4 is 0 Å². The Morgan fingerprint density at radius 2 is 1.30 bits per heavy atom. The number of rotatable bonds is 2. The van der Waals surface area contributed by atoms with Gasteiger partial charge in [0.05, 0.1) is 14.2 Å². The summed E-state index contributed by atoms with van der Waals surface area (Å²) in [6.45, 7) is 8.55. The van der Waals surface area contributed by atoms with Gasteiger partial charge in [-0.2, -0.15) is 0 Å². The normalized spacial score (nSPS) is 55.8. The minimum Gasteiger partial charge on any atom is -0.467 e. The summed E-state index contributed by atoms with van der Waals surface area (Å²) in [7, 11) is 2.88. The molecule has 0 N–H and O–H groups in total. The maximum atomic E-state index is 13.3. The lowest BCUT2D eigenvalue weighted by molar-refractivity contribution is -0.187.